The number of aromatic nitrogens is 1. The van der Waals surface area contributed by atoms with E-state index in [4.69, 9.17) is 9.15 Å². The van der Waals surface area contributed by atoms with Gasteiger partial charge in [0.05, 0.1) is 5.71 Å². The lowest BCUT2D eigenvalue weighted by Gasteiger charge is -2.13. The molecule has 1 amide bonds. The van der Waals surface area contributed by atoms with Crippen molar-refractivity contribution in [3.05, 3.63) is 94.8 Å². The molecule has 0 spiro atoms. The topological polar surface area (TPSA) is 93.8 Å². The first-order chi connectivity index (χ1) is 16.5. The lowest BCUT2D eigenvalue weighted by Crippen LogP contribution is -2.22. The lowest BCUT2D eigenvalue weighted by atomic mass is 9.93. The molecule has 1 aliphatic carbocycles. The number of halogens is 1. The molecular weight excluding hydrogens is 437 g/mol. The van der Waals surface area contributed by atoms with Gasteiger partial charge < -0.3 is 9.15 Å². The number of esters is 1. The Bertz CT molecular complexity index is 1440. The van der Waals surface area contributed by atoms with Gasteiger partial charge in [-0.05, 0) is 56.2 Å². The quantitative estimate of drug-likeness (QED) is 0.265. The molecule has 7 nitrogen and oxygen atoms in total. The van der Waals surface area contributed by atoms with Gasteiger partial charge in [-0.1, -0.05) is 18.2 Å². The third kappa shape index (κ3) is 4.05. The van der Waals surface area contributed by atoms with Crippen LogP contribution in [0.4, 0.5) is 4.39 Å². The van der Waals surface area contributed by atoms with E-state index in [2.05, 4.69) is 15.5 Å². The van der Waals surface area contributed by atoms with E-state index in [9.17, 15) is 14.0 Å². The number of ether oxygens (including phenoxy) is 1. The van der Waals surface area contributed by atoms with Crippen LogP contribution in [0.2, 0.25) is 0 Å². The van der Waals surface area contributed by atoms with Gasteiger partial charge >= 0.3 is 5.97 Å². The van der Waals surface area contributed by atoms with Crippen molar-refractivity contribution < 1.29 is 23.1 Å². The van der Waals surface area contributed by atoms with Gasteiger partial charge in [-0.2, -0.15) is 5.10 Å². The Balaban J connectivity index is 1.40. The Kier molecular flexibility index (Phi) is 5.63. The summed E-state index contributed by atoms with van der Waals surface area (Å²) in [7, 11) is 0. The highest BCUT2D eigenvalue weighted by molar-refractivity contribution is 6.07. The fourth-order valence-corrected chi connectivity index (χ4v) is 4.06. The van der Waals surface area contributed by atoms with Crippen LogP contribution in [-0.2, 0) is 6.42 Å². The van der Waals surface area contributed by atoms with Gasteiger partial charge in [0.1, 0.15) is 17.1 Å². The number of hydrazone groups is 1. The molecule has 4 aromatic rings. The van der Waals surface area contributed by atoms with Gasteiger partial charge in [0.2, 0.25) is 5.76 Å². The minimum absolute atomic E-state index is 0.0948. The van der Waals surface area contributed by atoms with Crippen molar-refractivity contribution in [3.8, 4) is 5.75 Å². The van der Waals surface area contributed by atoms with Crippen molar-refractivity contribution in [2.24, 2.45) is 5.10 Å². The Morgan fingerprint density at radius 3 is 2.71 bits per heavy atom. The Labute approximate surface area is 194 Å². The number of fused-ring (bicyclic) bond motifs is 2. The maximum absolute atomic E-state index is 13.1. The molecule has 34 heavy (non-hydrogen) atoms. The second kappa shape index (κ2) is 8.90. The lowest BCUT2D eigenvalue weighted by molar-refractivity contribution is 0.0700. The van der Waals surface area contributed by atoms with Crippen molar-refractivity contribution in [1.82, 2.24) is 10.4 Å². The summed E-state index contributed by atoms with van der Waals surface area (Å²) in [5.74, 6) is -0.438. The highest BCUT2D eigenvalue weighted by Crippen LogP contribution is 2.31. The monoisotopic (exact) mass is 457 g/mol. The predicted octanol–water partition coefficient (Wildman–Crippen LogP) is 4.96. The van der Waals surface area contributed by atoms with Crippen LogP contribution in [0, 0.1) is 12.7 Å². The van der Waals surface area contributed by atoms with E-state index in [1.807, 2.05) is 18.2 Å². The number of carbonyl (C=O) groups excluding carboxylic acids is 2. The minimum atomic E-state index is -0.625. The molecule has 8 heteroatoms. The van der Waals surface area contributed by atoms with Crippen LogP contribution in [0.1, 0.15) is 50.6 Å². The van der Waals surface area contributed by atoms with Crippen molar-refractivity contribution >= 4 is 28.5 Å². The van der Waals surface area contributed by atoms with Gasteiger partial charge in [0, 0.05) is 34.7 Å². The third-order valence-corrected chi connectivity index (χ3v) is 5.71. The van der Waals surface area contributed by atoms with Crippen molar-refractivity contribution in [2.75, 3.05) is 0 Å². The molecular formula is C26H20FN3O4. The number of hydrogen-bond acceptors (Lipinski definition) is 6. The number of carbonyl (C=O) groups is 2. The highest BCUT2D eigenvalue weighted by Gasteiger charge is 2.29. The summed E-state index contributed by atoms with van der Waals surface area (Å²) in [4.78, 5) is 29.7. The summed E-state index contributed by atoms with van der Waals surface area (Å²) in [6, 6.07) is 14.3. The van der Waals surface area contributed by atoms with Crippen LogP contribution in [0.5, 0.6) is 5.75 Å². The predicted molar refractivity (Wildman–Crippen MR) is 123 cm³/mol. The molecule has 0 fully saturated rings. The molecule has 1 aliphatic rings. The molecule has 0 aliphatic heterocycles. The van der Waals surface area contributed by atoms with Crippen LogP contribution >= 0.6 is 0 Å². The van der Waals surface area contributed by atoms with Crippen LogP contribution < -0.4 is 10.2 Å². The fourth-order valence-electron chi connectivity index (χ4n) is 4.06. The number of rotatable bonds is 4. The number of aryl methyl sites for hydroxylation is 1. The number of nitrogens with zero attached hydrogens (tertiary/aromatic N) is 2. The Morgan fingerprint density at radius 1 is 1.09 bits per heavy atom. The summed E-state index contributed by atoms with van der Waals surface area (Å²) >= 11 is 0. The van der Waals surface area contributed by atoms with Crippen LogP contribution in [0.25, 0.3) is 10.9 Å². The van der Waals surface area contributed by atoms with E-state index in [-0.39, 0.29) is 5.76 Å². The minimum Gasteiger partial charge on any atom is -0.453 e. The number of furan rings is 1. The summed E-state index contributed by atoms with van der Waals surface area (Å²) < 4.78 is 24.6. The first kappa shape index (κ1) is 21.5. The van der Waals surface area contributed by atoms with Gasteiger partial charge in [0.25, 0.3) is 5.91 Å². The number of hydrogen-bond donors (Lipinski definition) is 1. The number of pyridine rings is 1. The van der Waals surface area contributed by atoms with E-state index in [1.165, 1.54) is 24.3 Å². The zero-order chi connectivity index (χ0) is 23.7. The van der Waals surface area contributed by atoms with Gasteiger partial charge in [0.15, 0.2) is 5.75 Å². The van der Waals surface area contributed by atoms with Crippen LogP contribution in [0.15, 0.2) is 70.3 Å². The highest BCUT2D eigenvalue weighted by atomic mass is 19.1. The number of nitrogens with one attached hydrogen (secondary N) is 1. The average molecular weight is 457 g/mol. The molecule has 0 bridgehead atoms. The zero-order valence-electron chi connectivity index (χ0n) is 18.3. The zero-order valence-corrected chi connectivity index (χ0v) is 18.3. The van der Waals surface area contributed by atoms with Crippen LogP contribution in [-0.4, -0.2) is 22.6 Å². The molecule has 0 unspecified atom stereocenters. The smallest absolute Gasteiger partial charge is 0.380 e. The molecule has 0 atom stereocenters. The molecule has 170 valence electrons. The summed E-state index contributed by atoms with van der Waals surface area (Å²) in [6.07, 6.45) is 3.65. The first-order valence-electron chi connectivity index (χ1n) is 10.8. The molecule has 2 heterocycles. The average Bonchev–Trinajstić information content (AvgIpc) is 3.20. The molecule has 2 aromatic heterocycles. The summed E-state index contributed by atoms with van der Waals surface area (Å²) in [5, 5.41) is 5.14. The van der Waals surface area contributed by atoms with Crippen LogP contribution in [0.3, 0.4) is 0 Å². The Hall–Kier alpha value is -4.33. The largest absolute Gasteiger partial charge is 0.453 e. The maximum Gasteiger partial charge on any atom is 0.380 e. The maximum atomic E-state index is 13.1. The summed E-state index contributed by atoms with van der Waals surface area (Å²) in [6.45, 7) is 1.77. The summed E-state index contributed by atoms with van der Waals surface area (Å²) in [5.41, 5.74) is 5.30. The van der Waals surface area contributed by atoms with E-state index in [0.29, 0.717) is 52.3 Å². The van der Waals surface area contributed by atoms with Gasteiger partial charge in [-0.15, -0.1) is 0 Å². The molecule has 5 rings (SSSR count). The molecule has 0 radical (unpaired) electrons. The first-order valence-corrected chi connectivity index (χ1v) is 10.8. The molecule has 2 aromatic carbocycles. The molecule has 1 N–H and O–H groups in total. The second-order valence-corrected chi connectivity index (χ2v) is 7.94. The molecule has 0 saturated heterocycles. The van der Waals surface area contributed by atoms with Crippen molar-refractivity contribution in [1.29, 1.82) is 0 Å². The van der Waals surface area contributed by atoms with E-state index in [1.54, 1.807) is 25.3 Å². The van der Waals surface area contributed by atoms with E-state index >= 15 is 0 Å². The van der Waals surface area contributed by atoms with Gasteiger partial charge in [-0.3, -0.25) is 9.78 Å². The standard InChI is InChI=1S/C26H20FN3O4/c1-15-22-19(29-30-25(31)17-10-12-18(27)13-11-17)7-3-8-20(22)33-24(15)26(32)34-21-9-2-5-16-6-4-14-28-23(16)21/h2,4-6,9-14H,3,7-8H2,1H3,(H,30,31)/b29-19+. The number of benzene rings is 2. The van der Waals surface area contributed by atoms with E-state index in [0.717, 1.165) is 11.8 Å². The fraction of sp³-hybridized carbons (Fsp3) is 0.154. The SMILES string of the molecule is Cc1c(C(=O)Oc2cccc3cccnc23)oc2c1/C(=N/NC(=O)c1ccc(F)cc1)CCC2. The normalized spacial score (nSPS) is 14.1. The number of amides is 1. The van der Waals surface area contributed by atoms with Gasteiger partial charge in [-0.25, -0.2) is 14.6 Å². The Morgan fingerprint density at radius 2 is 1.88 bits per heavy atom. The van der Waals surface area contributed by atoms with Crippen molar-refractivity contribution in [2.45, 2.75) is 26.2 Å². The second-order valence-electron chi connectivity index (χ2n) is 7.94. The molecule has 0 saturated carbocycles. The number of para-hydroxylation sites is 1. The van der Waals surface area contributed by atoms with E-state index < -0.39 is 17.7 Å². The van der Waals surface area contributed by atoms with Crippen molar-refractivity contribution in [3.63, 3.8) is 0 Å². The third-order valence-electron chi connectivity index (χ3n) is 5.71.